The van der Waals surface area contributed by atoms with Crippen molar-refractivity contribution in [2.24, 2.45) is 10.9 Å². The molecule has 1 fully saturated rings. The van der Waals surface area contributed by atoms with Crippen LogP contribution in [0.15, 0.2) is 41.5 Å². The number of hydrogen-bond acceptors (Lipinski definition) is 4. The Labute approximate surface area is 201 Å². The maximum absolute atomic E-state index is 14.4. The first kappa shape index (κ1) is 25.2. The highest BCUT2D eigenvalue weighted by atomic mass is 127. The summed E-state index contributed by atoms with van der Waals surface area (Å²) in [5.41, 5.74) is 1.88. The van der Waals surface area contributed by atoms with Crippen LogP contribution in [0.3, 0.4) is 0 Å². The average molecular weight is 541 g/mol. The average Bonchev–Trinajstić information content (AvgIpc) is 3.56. The van der Waals surface area contributed by atoms with Crippen LogP contribution >= 0.6 is 24.0 Å². The van der Waals surface area contributed by atoms with E-state index in [1.54, 1.807) is 12.3 Å². The molecule has 1 heterocycles. The Balaban J connectivity index is 0.00000341. The van der Waals surface area contributed by atoms with E-state index in [0.717, 1.165) is 23.5 Å². The van der Waals surface area contributed by atoms with Crippen molar-refractivity contribution in [1.82, 2.24) is 15.6 Å². The van der Waals surface area contributed by atoms with E-state index in [0.29, 0.717) is 30.8 Å². The second kappa shape index (κ2) is 12.1. The monoisotopic (exact) mass is 541 g/mol. The normalized spacial score (nSPS) is 14.4. The van der Waals surface area contributed by atoms with Crippen LogP contribution in [0, 0.1) is 11.7 Å². The summed E-state index contributed by atoms with van der Waals surface area (Å²) in [6.07, 6.45) is 4.14. The first-order valence-corrected chi connectivity index (χ1v) is 10.6. The summed E-state index contributed by atoms with van der Waals surface area (Å²) >= 11 is 0. The van der Waals surface area contributed by atoms with Crippen LogP contribution < -0.4 is 20.3 Å². The maximum atomic E-state index is 14.4. The summed E-state index contributed by atoms with van der Waals surface area (Å²) in [5, 5.41) is 6.61. The third-order valence-corrected chi connectivity index (χ3v) is 5.02. The Morgan fingerprint density at radius 1 is 1.32 bits per heavy atom. The number of aliphatic imine (C=N–C) groups is 1. The van der Waals surface area contributed by atoms with Crippen molar-refractivity contribution in [3.05, 3.63) is 53.5 Å². The highest BCUT2D eigenvalue weighted by molar-refractivity contribution is 14.0. The molecule has 0 saturated heterocycles. The van der Waals surface area contributed by atoms with Crippen molar-refractivity contribution in [3.63, 3.8) is 0 Å². The van der Waals surface area contributed by atoms with E-state index < -0.39 is 0 Å². The van der Waals surface area contributed by atoms with Gasteiger partial charge in [0.15, 0.2) is 17.5 Å². The topological polar surface area (TPSA) is 61.8 Å². The minimum Gasteiger partial charge on any atom is -0.490 e. The van der Waals surface area contributed by atoms with Gasteiger partial charge in [0.1, 0.15) is 5.82 Å². The minimum atomic E-state index is -0.324. The lowest BCUT2D eigenvalue weighted by Crippen LogP contribution is -2.38. The van der Waals surface area contributed by atoms with E-state index in [2.05, 4.69) is 15.6 Å². The van der Waals surface area contributed by atoms with Crippen LogP contribution in [0.25, 0.3) is 0 Å². The van der Waals surface area contributed by atoms with Gasteiger partial charge in [0, 0.05) is 32.4 Å². The van der Waals surface area contributed by atoms with Gasteiger partial charge in [0.2, 0.25) is 0 Å². The largest absolute Gasteiger partial charge is 0.490 e. The zero-order valence-corrected chi connectivity index (χ0v) is 21.0. The zero-order chi connectivity index (χ0) is 21.5. The molecule has 1 aromatic carbocycles. The number of aromatic nitrogens is 1. The van der Waals surface area contributed by atoms with Gasteiger partial charge >= 0.3 is 0 Å². The molecule has 0 radical (unpaired) electrons. The number of hydrogen-bond donors (Lipinski definition) is 2. The van der Waals surface area contributed by atoms with Gasteiger partial charge in [0.05, 0.1) is 19.2 Å². The second-order valence-corrected chi connectivity index (χ2v) is 7.89. The number of benzene rings is 1. The Morgan fingerprint density at radius 3 is 2.74 bits per heavy atom. The molecule has 1 aliphatic carbocycles. The number of halogens is 2. The van der Waals surface area contributed by atoms with Crippen LogP contribution in [-0.2, 0) is 6.54 Å². The molecule has 1 aliphatic rings. The number of nitrogens with one attached hydrogen (secondary N) is 2. The summed E-state index contributed by atoms with van der Waals surface area (Å²) in [4.78, 5) is 11.1. The third-order valence-electron chi connectivity index (χ3n) is 5.02. The quantitative estimate of drug-likeness (QED) is 0.278. The number of pyridine rings is 1. The summed E-state index contributed by atoms with van der Waals surface area (Å²) in [5.74, 6) is 2.17. The molecule has 2 aromatic rings. The van der Waals surface area contributed by atoms with E-state index in [1.807, 2.05) is 51.0 Å². The molecule has 0 spiro atoms. The lowest BCUT2D eigenvalue weighted by atomic mass is 10.1. The van der Waals surface area contributed by atoms with Crippen molar-refractivity contribution in [3.8, 4) is 5.75 Å². The van der Waals surface area contributed by atoms with Crippen molar-refractivity contribution >= 4 is 35.8 Å². The van der Waals surface area contributed by atoms with Crippen molar-refractivity contribution in [2.75, 3.05) is 32.1 Å². The molecule has 0 bridgehead atoms. The Bertz CT molecular complexity index is 873. The smallest absolute Gasteiger partial charge is 0.192 e. The molecule has 6 nitrogen and oxygen atoms in total. The number of anilines is 1. The molecule has 1 unspecified atom stereocenters. The summed E-state index contributed by atoms with van der Waals surface area (Å²) in [6.45, 7) is 5.83. The number of guanidine groups is 1. The number of nitrogens with zero attached hydrogens (tertiary/aromatic N) is 3. The fourth-order valence-electron chi connectivity index (χ4n) is 3.12. The fraction of sp³-hybridized carbons (Fsp3) is 0.478. The molecule has 3 rings (SSSR count). The van der Waals surface area contributed by atoms with Crippen molar-refractivity contribution in [1.29, 1.82) is 0 Å². The second-order valence-electron chi connectivity index (χ2n) is 7.89. The molecule has 1 atom stereocenters. The van der Waals surface area contributed by atoms with Crippen molar-refractivity contribution in [2.45, 2.75) is 39.3 Å². The van der Waals surface area contributed by atoms with Gasteiger partial charge in [-0.3, -0.25) is 0 Å². The van der Waals surface area contributed by atoms with Crippen LogP contribution in [0.1, 0.15) is 43.9 Å². The van der Waals surface area contributed by atoms with Gasteiger partial charge in [-0.1, -0.05) is 12.1 Å². The molecule has 2 N–H and O–H groups in total. The van der Waals surface area contributed by atoms with Crippen LogP contribution in [0.4, 0.5) is 10.2 Å². The Kier molecular flexibility index (Phi) is 9.80. The van der Waals surface area contributed by atoms with Gasteiger partial charge in [-0.15, -0.1) is 24.0 Å². The predicted molar refractivity (Wildman–Crippen MR) is 135 cm³/mol. The predicted octanol–water partition coefficient (Wildman–Crippen LogP) is 4.51. The standard InChI is InChI=1S/C23H32FN5O.HI/c1-5-25-23(27-14-19-7-6-12-26-22(19)29(3)4)28-16(2)18-10-11-21(20(24)13-18)30-15-17-8-9-17;/h6-7,10-13,16-17H,5,8-9,14-15H2,1-4H3,(H2,25,27,28);1H. The van der Waals surface area contributed by atoms with Gasteiger partial charge in [-0.2, -0.15) is 0 Å². The lowest BCUT2D eigenvalue weighted by Gasteiger charge is -2.19. The zero-order valence-electron chi connectivity index (χ0n) is 18.7. The van der Waals surface area contributed by atoms with E-state index in [1.165, 1.54) is 18.9 Å². The van der Waals surface area contributed by atoms with Crippen LogP contribution in [0.5, 0.6) is 5.75 Å². The molecule has 31 heavy (non-hydrogen) atoms. The number of ether oxygens (including phenoxy) is 1. The first-order chi connectivity index (χ1) is 14.5. The molecular weight excluding hydrogens is 508 g/mol. The Hall–Kier alpha value is -2.10. The fourth-order valence-corrected chi connectivity index (χ4v) is 3.12. The summed E-state index contributed by atoms with van der Waals surface area (Å²) < 4.78 is 20.0. The summed E-state index contributed by atoms with van der Waals surface area (Å²) in [7, 11) is 3.93. The third kappa shape index (κ3) is 7.52. The van der Waals surface area contributed by atoms with Crippen molar-refractivity contribution < 1.29 is 9.13 Å². The van der Waals surface area contributed by atoms with Crippen LogP contribution in [0.2, 0.25) is 0 Å². The van der Waals surface area contributed by atoms with Gasteiger partial charge in [0.25, 0.3) is 0 Å². The lowest BCUT2D eigenvalue weighted by molar-refractivity contribution is 0.285. The van der Waals surface area contributed by atoms with Gasteiger partial charge < -0.3 is 20.3 Å². The SMILES string of the molecule is CCNC(=NCc1cccnc1N(C)C)NC(C)c1ccc(OCC2CC2)c(F)c1.I. The maximum Gasteiger partial charge on any atom is 0.192 e. The van der Waals surface area contributed by atoms with Gasteiger partial charge in [-0.05, 0) is 56.4 Å². The molecule has 1 aromatic heterocycles. The van der Waals surface area contributed by atoms with E-state index >= 15 is 0 Å². The summed E-state index contributed by atoms with van der Waals surface area (Å²) in [6, 6.07) is 8.98. The first-order valence-electron chi connectivity index (χ1n) is 10.6. The Morgan fingerprint density at radius 2 is 2.10 bits per heavy atom. The number of rotatable bonds is 9. The van der Waals surface area contributed by atoms with E-state index in [4.69, 9.17) is 9.73 Å². The molecule has 0 amide bonds. The molecule has 8 heteroatoms. The van der Waals surface area contributed by atoms with Gasteiger partial charge in [-0.25, -0.2) is 14.4 Å². The van der Waals surface area contributed by atoms with Crippen LogP contribution in [-0.4, -0.2) is 38.2 Å². The van der Waals surface area contributed by atoms with E-state index in [9.17, 15) is 4.39 Å². The molecule has 1 saturated carbocycles. The molecule has 0 aliphatic heterocycles. The highest BCUT2D eigenvalue weighted by Crippen LogP contribution is 2.30. The molecule has 170 valence electrons. The minimum absolute atomic E-state index is 0. The van der Waals surface area contributed by atoms with E-state index in [-0.39, 0.29) is 35.8 Å². The highest BCUT2D eigenvalue weighted by Gasteiger charge is 2.22. The molecular formula is C23H33FIN5O.